The smallest absolute Gasteiger partial charge is 0.338 e. The molecule has 0 radical (unpaired) electrons. The average Bonchev–Trinajstić information content (AvgIpc) is 3.14. The molecule has 1 fully saturated rings. The Morgan fingerprint density at radius 1 is 0.741 bits per heavy atom. The molecule has 0 unspecified atom stereocenters. The quantitative estimate of drug-likeness (QED) is 0.704. The lowest BCUT2D eigenvalue weighted by Gasteiger charge is -2.20. The van der Waals surface area contributed by atoms with Crippen LogP contribution in [0.5, 0.6) is 11.5 Å². The fraction of sp³-hybridized carbons (Fsp3) is 0.300. The molecule has 0 saturated carbocycles. The van der Waals surface area contributed by atoms with Crippen molar-refractivity contribution in [3.05, 3.63) is 59.7 Å². The van der Waals surface area contributed by atoms with E-state index in [1.807, 2.05) is 0 Å². The Morgan fingerprint density at radius 2 is 1.11 bits per heavy atom. The molecule has 2 aromatic rings. The molecule has 0 N–H and O–H groups in total. The van der Waals surface area contributed by atoms with Crippen LogP contribution in [0, 0.1) is 0 Å². The number of rotatable bonds is 6. The number of methoxy groups -OCH3 is 2. The third kappa shape index (κ3) is 4.74. The Hall–Kier alpha value is -2.67. The van der Waals surface area contributed by atoms with Crippen LogP contribution in [0.3, 0.4) is 0 Å². The lowest BCUT2D eigenvalue weighted by atomic mass is 10.2. The van der Waals surface area contributed by atoms with Gasteiger partial charge in [-0.05, 0) is 48.5 Å². The van der Waals surface area contributed by atoms with E-state index in [9.17, 15) is 9.59 Å². The summed E-state index contributed by atoms with van der Waals surface area (Å²) in [7, 11) is 3.12. The van der Waals surface area contributed by atoms with Crippen LogP contribution in [0.4, 0.5) is 0 Å². The van der Waals surface area contributed by atoms with Crippen molar-refractivity contribution in [3.63, 3.8) is 0 Å². The van der Waals surface area contributed by atoms with E-state index in [0.29, 0.717) is 34.1 Å². The Labute approximate surface area is 161 Å². The second-order valence-electron chi connectivity index (χ2n) is 5.88. The Bertz CT molecular complexity index is 720. The van der Waals surface area contributed by atoms with E-state index in [4.69, 9.17) is 18.9 Å². The van der Waals surface area contributed by atoms with Gasteiger partial charge in [0.15, 0.2) is 0 Å². The van der Waals surface area contributed by atoms with Gasteiger partial charge in [-0.3, -0.25) is 0 Å². The van der Waals surface area contributed by atoms with Crippen molar-refractivity contribution in [2.45, 2.75) is 12.2 Å². The summed E-state index contributed by atoms with van der Waals surface area (Å²) in [6, 6.07) is 13.3. The minimum absolute atomic E-state index is 0.424. The minimum Gasteiger partial charge on any atom is -0.497 e. The molecule has 0 amide bonds. The maximum Gasteiger partial charge on any atom is 0.338 e. The first-order valence-electron chi connectivity index (χ1n) is 8.38. The minimum atomic E-state index is -0.480. The number of hydrogen-bond donors (Lipinski definition) is 0. The van der Waals surface area contributed by atoms with Crippen LogP contribution >= 0.6 is 11.8 Å². The van der Waals surface area contributed by atoms with Gasteiger partial charge in [-0.2, -0.15) is 11.8 Å². The highest BCUT2D eigenvalue weighted by Crippen LogP contribution is 2.26. The molecule has 0 aliphatic carbocycles. The van der Waals surface area contributed by atoms with Gasteiger partial charge in [0.1, 0.15) is 23.7 Å². The molecule has 7 heteroatoms. The summed E-state index contributed by atoms with van der Waals surface area (Å²) in [5.74, 6) is 1.60. The van der Waals surface area contributed by atoms with Gasteiger partial charge in [0.2, 0.25) is 0 Å². The average molecular weight is 388 g/mol. The standard InChI is InChI=1S/C20H20O6S/c1-23-15-7-3-13(4-8-15)19(21)25-17-11-27-12-18(17)26-20(22)14-5-9-16(24-2)10-6-14/h3-10,17-18H,11-12H2,1-2H3/t17-,18+. The number of ether oxygens (including phenoxy) is 4. The molecular weight excluding hydrogens is 368 g/mol. The van der Waals surface area contributed by atoms with Gasteiger partial charge in [0, 0.05) is 11.5 Å². The van der Waals surface area contributed by atoms with Crippen molar-refractivity contribution in [2.75, 3.05) is 25.7 Å². The molecule has 142 valence electrons. The van der Waals surface area contributed by atoms with E-state index in [1.165, 1.54) is 0 Å². The molecule has 3 rings (SSSR count). The molecule has 1 aliphatic rings. The van der Waals surface area contributed by atoms with Gasteiger partial charge < -0.3 is 18.9 Å². The van der Waals surface area contributed by atoms with Gasteiger partial charge in [-0.15, -0.1) is 0 Å². The molecule has 0 spiro atoms. The van der Waals surface area contributed by atoms with Gasteiger partial charge in [0.05, 0.1) is 25.3 Å². The van der Waals surface area contributed by atoms with Crippen LogP contribution in [0.15, 0.2) is 48.5 Å². The predicted octanol–water partition coefficient (Wildman–Crippen LogP) is 3.20. The van der Waals surface area contributed by atoms with Crippen molar-refractivity contribution in [3.8, 4) is 11.5 Å². The van der Waals surface area contributed by atoms with Crippen LogP contribution in [-0.2, 0) is 9.47 Å². The predicted molar refractivity (Wildman–Crippen MR) is 102 cm³/mol. The zero-order chi connectivity index (χ0) is 19.2. The van der Waals surface area contributed by atoms with Crippen molar-refractivity contribution in [2.24, 2.45) is 0 Å². The first-order chi connectivity index (χ1) is 13.1. The lowest BCUT2D eigenvalue weighted by Crippen LogP contribution is -2.34. The highest BCUT2D eigenvalue weighted by molar-refractivity contribution is 7.99. The van der Waals surface area contributed by atoms with E-state index in [-0.39, 0.29) is 0 Å². The van der Waals surface area contributed by atoms with Gasteiger partial charge >= 0.3 is 11.9 Å². The normalized spacial score (nSPS) is 18.6. The summed E-state index contributed by atoms with van der Waals surface area (Å²) >= 11 is 1.58. The summed E-state index contributed by atoms with van der Waals surface area (Å²) in [6.07, 6.45) is -0.960. The first-order valence-corrected chi connectivity index (χ1v) is 9.54. The Morgan fingerprint density at radius 3 is 1.44 bits per heavy atom. The topological polar surface area (TPSA) is 71.1 Å². The summed E-state index contributed by atoms with van der Waals surface area (Å²) < 4.78 is 21.3. The van der Waals surface area contributed by atoms with Gasteiger partial charge in [-0.25, -0.2) is 9.59 Å². The van der Waals surface area contributed by atoms with E-state index in [1.54, 1.807) is 74.5 Å². The highest BCUT2D eigenvalue weighted by atomic mass is 32.2. The third-order valence-corrected chi connectivity index (χ3v) is 5.28. The van der Waals surface area contributed by atoms with Crippen LogP contribution in [-0.4, -0.2) is 49.9 Å². The molecule has 0 bridgehead atoms. The zero-order valence-electron chi connectivity index (χ0n) is 15.0. The van der Waals surface area contributed by atoms with E-state index in [0.717, 1.165) is 0 Å². The molecule has 6 nitrogen and oxygen atoms in total. The maximum atomic E-state index is 12.3. The molecule has 27 heavy (non-hydrogen) atoms. The number of hydrogen-bond acceptors (Lipinski definition) is 7. The molecule has 0 aromatic heterocycles. The van der Waals surface area contributed by atoms with Crippen LogP contribution in [0.2, 0.25) is 0 Å². The van der Waals surface area contributed by atoms with E-state index < -0.39 is 24.1 Å². The Kier molecular flexibility index (Phi) is 6.24. The second kappa shape index (κ2) is 8.81. The molecule has 1 saturated heterocycles. The van der Waals surface area contributed by atoms with E-state index in [2.05, 4.69) is 0 Å². The zero-order valence-corrected chi connectivity index (χ0v) is 15.9. The fourth-order valence-corrected chi connectivity index (χ4v) is 3.77. The number of carbonyl (C=O) groups is 2. The van der Waals surface area contributed by atoms with Crippen LogP contribution in [0.1, 0.15) is 20.7 Å². The number of benzene rings is 2. The van der Waals surface area contributed by atoms with Crippen LogP contribution in [0.25, 0.3) is 0 Å². The van der Waals surface area contributed by atoms with Crippen LogP contribution < -0.4 is 9.47 Å². The van der Waals surface area contributed by atoms with E-state index >= 15 is 0 Å². The third-order valence-electron chi connectivity index (χ3n) is 4.15. The first kappa shape index (κ1) is 19.1. The Balaban J connectivity index is 1.60. The monoisotopic (exact) mass is 388 g/mol. The second-order valence-corrected chi connectivity index (χ2v) is 6.96. The molecule has 2 aromatic carbocycles. The SMILES string of the molecule is COc1ccc(C(=O)O[C@H]2CSC[C@H]2OC(=O)c2ccc(OC)cc2)cc1. The maximum absolute atomic E-state index is 12.3. The van der Waals surface area contributed by atoms with Crippen molar-refractivity contribution in [1.82, 2.24) is 0 Å². The number of esters is 2. The summed E-state index contributed by atoms with van der Waals surface area (Å²) in [5.41, 5.74) is 0.848. The van der Waals surface area contributed by atoms with Gasteiger partial charge in [0.25, 0.3) is 0 Å². The number of carbonyl (C=O) groups excluding carboxylic acids is 2. The van der Waals surface area contributed by atoms with Crippen molar-refractivity contribution < 1.29 is 28.5 Å². The molecular formula is C20H20O6S. The molecule has 1 aliphatic heterocycles. The summed E-state index contributed by atoms with van der Waals surface area (Å²) in [6.45, 7) is 0. The summed E-state index contributed by atoms with van der Waals surface area (Å²) in [4.78, 5) is 24.7. The fourth-order valence-electron chi connectivity index (χ4n) is 2.60. The van der Waals surface area contributed by atoms with Gasteiger partial charge in [-0.1, -0.05) is 0 Å². The lowest BCUT2D eigenvalue weighted by molar-refractivity contribution is -0.0176. The van der Waals surface area contributed by atoms with Crippen molar-refractivity contribution in [1.29, 1.82) is 0 Å². The highest BCUT2D eigenvalue weighted by Gasteiger charge is 2.34. The molecule has 2 atom stereocenters. The summed E-state index contributed by atoms with van der Waals surface area (Å²) in [5, 5.41) is 0. The largest absolute Gasteiger partial charge is 0.497 e. The van der Waals surface area contributed by atoms with Crippen molar-refractivity contribution >= 4 is 23.7 Å². The molecule has 1 heterocycles. The number of thioether (sulfide) groups is 1.